The van der Waals surface area contributed by atoms with Crippen molar-refractivity contribution in [2.45, 2.75) is 26.3 Å². The summed E-state index contributed by atoms with van der Waals surface area (Å²) < 4.78 is 7.59. The smallest absolute Gasteiger partial charge is 0.242 e. The molecule has 0 fully saturated rings. The number of amides is 1. The van der Waals surface area contributed by atoms with Gasteiger partial charge in [0.15, 0.2) is 0 Å². The van der Waals surface area contributed by atoms with Crippen molar-refractivity contribution < 1.29 is 9.53 Å². The zero-order valence-corrected chi connectivity index (χ0v) is 14.6. The zero-order valence-electron chi connectivity index (χ0n) is 14.6. The van der Waals surface area contributed by atoms with Crippen LogP contribution in [0, 0.1) is 6.92 Å². The predicted molar refractivity (Wildman–Crippen MR) is 98.7 cm³/mol. The lowest BCUT2D eigenvalue weighted by Crippen LogP contribution is -2.32. The van der Waals surface area contributed by atoms with Gasteiger partial charge in [-0.1, -0.05) is 24.3 Å². The van der Waals surface area contributed by atoms with Crippen LogP contribution in [0.15, 0.2) is 54.9 Å². The summed E-state index contributed by atoms with van der Waals surface area (Å²) in [5, 5.41) is 2.97. The lowest BCUT2D eigenvalue weighted by Gasteiger charge is -2.14. The van der Waals surface area contributed by atoms with Crippen LogP contribution in [-0.2, 0) is 4.79 Å². The summed E-state index contributed by atoms with van der Waals surface area (Å²) >= 11 is 0. The number of benzene rings is 2. The van der Waals surface area contributed by atoms with Gasteiger partial charge in [-0.3, -0.25) is 4.79 Å². The minimum atomic E-state index is -0.301. The number of aromatic nitrogens is 2. The van der Waals surface area contributed by atoms with E-state index in [1.165, 1.54) is 5.56 Å². The fourth-order valence-electron chi connectivity index (χ4n) is 2.74. The number of para-hydroxylation sites is 2. The summed E-state index contributed by atoms with van der Waals surface area (Å²) in [4.78, 5) is 16.7. The lowest BCUT2D eigenvalue weighted by atomic mass is 10.2. The summed E-state index contributed by atoms with van der Waals surface area (Å²) in [6, 6.07) is 15.5. The van der Waals surface area contributed by atoms with Crippen molar-refractivity contribution in [3.8, 4) is 5.75 Å². The molecule has 0 spiro atoms. The number of nitrogens with zero attached hydrogens (tertiary/aromatic N) is 2. The van der Waals surface area contributed by atoms with Crippen molar-refractivity contribution in [2.75, 3.05) is 13.2 Å². The highest BCUT2D eigenvalue weighted by Crippen LogP contribution is 2.17. The summed E-state index contributed by atoms with van der Waals surface area (Å²) in [5.41, 5.74) is 3.04. The third-order valence-corrected chi connectivity index (χ3v) is 4.16. The van der Waals surface area contributed by atoms with E-state index in [4.69, 9.17) is 4.74 Å². The van der Waals surface area contributed by atoms with E-state index in [-0.39, 0.29) is 11.9 Å². The molecule has 3 rings (SSSR count). The first-order valence-corrected chi connectivity index (χ1v) is 8.54. The standard InChI is InChI=1S/C20H23N3O2/c1-15-7-5-8-17(13-15)25-12-6-11-21-20(24)16(2)23-14-22-18-9-3-4-10-19(18)23/h3-5,7-10,13-14,16H,6,11-12H2,1-2H3,(H,21,24)/t16-/m0/s1. The molecule has 0 saturated heterocycles. The minimum absolute atomic E-state index is 0.0151. The molecule has 3 aromatic rings. The first kappa shape index (κ1) is 17.0. The summed E-state index contributed by atoms with van der Waals surface area (Å²) in [6.45, 7) is 5.08. The van der Waals surface area contributed by atoms with Crippen LogP contribution in [0.2, 0.25) is 0 Å². The number of imidazole rings is 1. The highest BCUT2D eigenvalue weighted by molar-refractivity contribution is 5.83. The molecule has 1 amide bonds. The van der Waals surface area contributed by atoms with Gasteiger partial charge in [-0.15, -0.1) is 0 Å². The van der Waals surface area contributed by atoms with Crippen LogP contribution in [0.25, 0.3) is 11.0 Å². The van der Waals surface area contributed by atoms with Crippen LogP contribution >= 0.6 is 0 Å². The maximum atomic E-state index is 12.4. The van der Waals surface area contributed by atoms with Crippen molar-refractivity contribution in [2.24, 2.45) is 0 Å². The van der Waals surface area contributed by atoms with E-state index in [1.807, 2.05) is 66.9 Å². The first-order chi connectivity index (χ1) is 12.1. The van der Waals surface area contributed by atoms with E-state index in [1.54, 1.807) is 6.33 Å². The van der Waals surface area contributed by atoms with Gasteiger partial charge >= 0.3 is 0 Å². The second-order valence-electron chi connectivity index (χ2n) is 6.13. The molecule has 0 unspecified atom stereocenters. The number of hydrogen-bond acceptors (Lipinski definition) is 3. The number of hydrogen-bond donors (Lipinski definition) is 1. The molecule has 0 aliphatic carbocycles. The largest absolute Gasteiger partial charge is 0.494 e. The lowest BCUT2D eigenvalue weighted by molar-refractivity contribution is -0.123. The van der Waals surface area contributed by atoms with E-state index in [0.29, 0.717) is 13.2 Å². The topological polar surface area (TPSA) is 56.1 Å². The van der Waals surface area contributed by atoms with E-state index in [9.17, 15) is 4.79 Å². The Balaban J connectivity index is 1.46. The highest BCUT2D eigenvalue weighted by Gasteiger charge is 2.16. The average Bonchev–Trinajstić information content (AvgIpc) is 3.05. The molecule has 5 heteroatoms. The number of rotatable bonds is 7. The second-order valence-corrected chi connectivity index (χ2v) is 6.13. The number of nitrogens with one attached hydrogen (secondary N) is 1. The maximum Gasteiger partial charge on any atom is 0.242 e. The average molecular weight is 337 g/mol. The van der Waals surface area contributed by atoms with Gasteiger partial charge in [0.1, 0.15) is 11.8 Å². The summed E-state index contributed by atoms with van der Waals surface area (Å²) in [6.07, 6.45) is 2.48. The van der Waals surface area contributed by atoms with Crippen molar-refractivity contribution in [3.63, 3.8) is 0 Å². The molecule has 1 heterocycles. The Morgan fingerprint density at radius 3 is 2.92 bits per heavy atom. The van der Waals surface area contributed by atoms with Gasteiger partial charge < -0.3 is 14.6 Å². The van der Waals surface area contributed by atoms with Gasteiger partial charge in [0.05, 0.1) is 24.0 Å². The zero-order chi connectivity index (χ0) is 17.6. The van der Waals surface area contributed by atoms with Crippen molar-refractivity contribution in [3.05, 3.63) is 60.4 Å². The summed E-state index contributed by atoms with van der Waals surface area (Å²) in [5.74, 6) is 0.850. The van der Waals surface area contributed by atoms with Crippen molar-refractivity contribution >= 4 is 16.9 Å². The van der Waals surface area contributed by atoms with Gasteiger partial charge in [0.25, 0.3) is 0 Å². The Bertz CT molecular complexity index is 857. The number of fused-ring (bicyclic) bond motifs is 1. The highest BCUT2D eigenvalue weighted by atomic mass is 16.5. The van der Waals surface area contributed by atoms with Gasteiger partial charge in [0, 0.05) is 6.54 Å². The van der Waals surface area contributed by atoms with E-state index in [2.05, 4.69) is 10.3 Å². The number of carbonyl (C=O) groups is 1. The third kappa shape index (κ3) is 4.18. The SMILES string of the molecule is Cc1cccc(OCCCNC(=O)[C@H](C)n2cnc3ccccc32)c1. The molecule has 5 nitrogen and oxygen atoms in total. The van der Waals surface area contributed by atoms with E-state index >= 15 is 0 Å². The van der Waals surface area contributed by atoms with Gasteiger partial charge in [-0.2, -0.15) is 0 Å². The fourth-order valence-corrected chi connectivity index (χ4v) is 2.74. The molecule has 0 saturated carbocycles. The Hall–Kier alpha value is -2.82. The maximum absolute atomic E-state index is 12.4. The van der Waals surface area contributed by atoms with E-state index in [0.717, 1.165) is 23.2 Å². The quantitative estimate of drug-likeness (QED) is 0.672. The van der Waals surface area contributed by atoms with Crippen LogP contribution in [0.3, 0.4) is 0 Å². The molecule has 130 valence electrons. The van der Waals surface area contributed by atoms with Crippen molar-refractivity contribution in [1.82, 2.24) is 14.9 Å². The molecule has 1 N–H and O–H groups in total. The number of aryl methyl sites for hydroxylation is 1. The molecular formula is C20H23N3O2. The van der Waals surface area contributed by atoms with Crippen LogP contribution in [0.4, 0.5) is 0 Å². The molecule has 0 radical (unpaired) electrons. The fraction of sp³-hybridized carbons (Fsp3) is 0.300. The molecule has 25 heavy (non-hydrogen) atoms. The second kappa shape index (κ2) is 7.83. The number of ether oxygens (including phenoxy) is 1. The Kier molecular flexibility index (Phi) is 5.33. The van der Waals surface area contributed by atoms with Gasteiger partial charge in [-0.05, 0) is 50.1 Å². The molecular weight excluding hydrogens is 314 g/mol. The Morgan fingerprint density at radius 1 is 1.24 bits per heavy atom. The van der Waals surface area contributed by atoms with Gasteiger partial charge in [0.2, 0.25) is 5.91 Å². The molecule has 2 aromatic carbocycles. The monoisotopic (exact) mass is 337 g/mol. The number of carbonyl (C=O) groups excluding carboxylic acids is 1. The van der Waals surface area contributed by atoms with Crippen LogP contribution in [0.1, 0.15) is 24.9 Å². The molecule has 1 atom stereocenters. The van der Waals surface area contributed by atoms with Gasteiger partial charge in [-0.25, -0.2) is 4.98 Å². The minimum Gasteiger partial charge on any atom is -0.494 e. The molecule has 0 aliphatic heterocycles. The molecule has 0 bridgehead atoms. The van der Waals surface area contributed by atoms with E-state index < -0.39 is 0 Å². The Morgan fingerprint density at radius 2 is 2.08 bits per heavy atom. The summed E-state index contributed by atoms with van der Waals surface area (Å²) in [7, 11) is 0. The van der Waals surface area contributed by atoms with Crippen LogP contribution in [-0.4, -0.2) is 28.6 Å². The Labute approximate surface area is 147 Å². The normalized spacial score (nSPS) is 12.1. The molecule has 0 aliphatic rings. The van der Waals surface area contributed by atoms with Crippen molar-refractivity contribution in [1.29, 1.82) is 0 Å². The van der Waals surface area contributed by atoms with Crippen LogP contribution in [0.5, 0.6) is 5.75 Å². The van der Waals surface area contributed by atoms with Crippen LogP contribution < -0.4 is 10.1 Å². The predicted octanol–water partition coefficient (Wildman–Crippen LogP) is 3.49. The first-order valence-electron chi connectivity index (χ1n) is 8.54. The molecule has 1 aromatic heterocycles. The third-order valence-electron chi connectivity index (χ3n) is 4.16.